The fourth-order valence-electron chi connectivity index (χ4n) is 1.09. The summed E-state index contributed by atoms with van der Waals surface area (Å²) in [7, 11) is 0. The number of hydrogen-bond donors (Lipinski definition) is 2. The molecule has 5 heteroatoms. The molecule has 0 aliphatic rings. The fraction of sp³-hybridized carbons (Fsp3) is 0.182. The van der Waals surface area contributed by atoms with Crippen molar-refractivity contribution in [2.45, 2.75) is 13.0 Å². The van der Waals surface area contributed by atoms with Crippen LogP contribution in [-0.4, -0.2) is 28.0 Å². The van der Waals surface area contributed by atoms with Crippen molar-refractivity contribution in [3.05, 3.63) is 42.2 Å². The van der Waals surface area contributed by atoms with Gasteiger partial charge in [0.05, 0.1) is 5.56 Å². The molecule has 1 unspecified atom stereocenters. The van der Waals surface area contributed by atoms with E-state index in [9.17, 15) is 9.59 Å². The number of pyridine rings is 1. The first-order valence-corrected chi connectivity index (χ1v) is 4.68. The third-order valence-electron chi connectivity index (χ3n) is 1.97. The third kappa shape index (κ3) is 2.66. The lowest BCUT2D eigenvalue weighted by atomic mass is 10.2. The maximum absolute atomic E-state index is 11.7. The second-order valence-corrected chi connectivity index (χ2v) is 3.20. The van der Waals surface area contributed by atoms with Crippen LogP contribution in [0.25, 0.3) is 0 Å². The van der Waals surface area contributed by atoms with Crippen molar-refractivity contribution in [2.24, 2.45) is 0 Å². The summed E-state index contributed by atoms with van der Waals surface area (Å²) in [5.74, 6) is -1.70. The molecule has 0 aromatic carbocycles. The summed E-state index contributed by atoms with van der Waals surface area (Å²) in [5.41, 5.74) is -0.208. The first-order chi connectivity index (χ1) is 7.56. The van der Waals surface area contributed by atoms with Gasteiger partial charge >= 0.3 is 5.97 Å². The molecule has 1 aromatic heterocycles. The summed E-state index contributed by atoms with van der Waals surface area (Å²) in [6, 6.07) is 2.57. The highest BCUT2D eigenvalue weighted by molar-refractivity contribution is 6.03. The Hall–Kier alpha value is -2.17. The summed E-state index contributed by atoms with van der Waals surface area (Å²) >= 11 is 0. The lowest BCUT2D eigenvalue weighted by molar-refractivity contribution is 0.0689. The van der Waals surface area contributed by atoms with E-state index < -0.39 is 11.9 Å². The molecule has 0 saturated carbocycles. The Balaban J connectivity index is 2.99. The minimum absolute atomic E-state index is 0.0938. The van der Waals surface area contributed by atoms with Crippen LogP contribution in [0.15, 0.2) is 31.0 Å². The van der Waals surface area contributed by atoms with E-state index >= 15 is 0 Å². The Morgan fingerprint density at radius 2 is 2.31 bits per heavy atom. The summed E-state index contributed by atoms with van der Waals surface area (Å²) < 4.78 is 0. The van der Waals surface area contributed by atoms with Gasteiger partial charge in [-0.2, -0.15) is 0 Å². The number of nitrogens with one attached hydrogen (secondary N) is 1. The van der Waals surface area contributed by atoms with Crippen LogP contribution < -0.4 is 5.32 Å². The number of carbonyl (C=O) groups excluding carboxylic acids is 1. The van der Waals surface area contributed by atoms with Gasteiger partial charge in [0.25, 0.3) is 5.91 Å². The van der Waals surface area contributed by atoms with E-state index in [0.29, 0.717) is 0 Å². The van der Waals surface area contributed by atoms with Gasteiger partial charge < -0.3 is 10.4 Å². The topological polar surface area (TPSA) is 79.3 Å². The Morgan fingerprint density at radius 3 is 2.88 bits per heavy atom. The second-order valence-electron chi connectivity index (χ2n) is 3.20. The maximum atomic E-state index is 11.7. The van der Waals surface area contributed by atoms with Gasteiger partial charge in [0.1, 0.15) is 5.69 Å². The van der Waals surface area contributed by atoms with Gasteiger partial charge in [0, 0.05) is 12.2 Å². The number of carbonyl (C=O) groups is 2. The number of rotatable bonds is 4. The van der Waals surface area contributed by atoms with E-state index in [0.717, 1.165) is 0 Å². The number of hydrogen-bond acceptors (Lipinski definition) is 3. The van der Waals surface area contributed by atoms with E-state index in [-0.39, 0.29) is 17.3 Å². The zero-order valence-electron chi connectivity index (χ0n) is 8.80. The monoisotopic (exact) mass is 220 g/mol. The normalized spacial score (nSPS) is 11.6. The molecule has 0 aliphatic heterocycles. The molecular formula is C11H12N2O3. The molecule has 1 rings (SSSR count). The average molecular weight is 220 g/mol. The molecule has 1 atom stereocenters. The molecule has 1 heterocycles. The maximum Gasteiger partial charge on any atom is 0.338 e. The number of carboxylic acids is 1. The first-order valence-electron chi connectivity index (χ1n) is 4.68. The molecule has 0 fully saturated rings. The molecule has 0 spiro atoms. The van der Waals surface area contributed by atoms with Crippen LogP contribution in [-0.2, 0) is 0 Å². The van der Waals surface area contributed by atoms with Crippen molar-refractivity contribution in [2.75, 3.05) is 0 Å². The van der Waals surface area contributed by atoms with Crippen LogP contribution in [0.5, 0.6) is 0 Å². The number of aromatic carboxylic acids is 1. The number of nitrogens with zero attached hydrogens (tertiary/aromatic N) is 1. The van der Waals surface area contributed by atoms with Crippen LogP contribution in [0.4, 0.5) is 0 Å². The Morgan fingerprint density at radius 1 is 1.62 bits per heavy atom. The lowest BCUT2D eigenvalue weighted by Crippen LogP contribution is -2.32. The SMILES string of the molecule is C=CC(C)NC(=O)c1ncccc1C(=O)O. The molecule has 1 amide bonds. The highest BCUT2D eigenvalue weighted by Gasteiger charge is 2.17. The van der Waals surface area contributed by atoms with Gasteiger partial charge in [-0.1, -0.05) is 6.08 Å². The van der Waals surface area contributed by atoms with E-state index in [4.69, 9.17) is 5.11 Å². The zero-order chi connectivity index (χ0) is 12.1. The van der Waals surface area contributed by atoms with Crippen molar-refractivity contribution >= 4 is 11.9 Å². The highest BCUT2D eigenvalue weighted by atomic mass is 16.4. The Labute approximate surface area is 92.8 Å². The van der Waals surface area contributed by atoms with Gasteiger partial charge in [-0.25, -0.2) is 4.79 Å². The van der Waals surface area contributed by atoms with Gasteiger partial charge in [-0.3, -0.25) is 9.78 Å². The molecule has 0 radical (unpaired) electrons. The van der Waals surface area contributed by atoms with Gasteiger partial charge in [-0.05, 0) is 19.1 Å². The van der Waals surface area contributed by atoms with Crippen molar-refractivity contribution in [1.29, 1.82) is 0 Å². The second kappa shape index (κ2) is 5.06. The standard InChI is InChI=1S/C11H12N2O3/c1-3-7(2)13-10(14)9-8(11(15)16)5-4-6-12-9/h3-7H,1H2,2H3,(H,13,14)(H,15,16). The molecule has 5 nitrogen and oxygen atoms in total. The van der Waals surface area contributed by atoms with Crippen molar-refractivity contribution in [1.82, 2.24) is 10.3 Å². The molecule has 2 N–H and O–H groups in total. The predicted molar refractivity (Wildman–Crippen MR) is 58.3 cm³/mol. The van der Waals surface area contributed by atoms with Crippen LogP contribution in [0.1, 0.15) is 27.8 Å². The molecule has 0 saturated heterocycles. The molecule has 0 bridgehead atoms. The van der Waals surface area contributed by atoms with Gasteiger partial charge in [0.2, 0.25) is 0 Å². The predicted octanol–water partition coefficient (Wildman–Crippen LogP) is 1.08. The fourth-order valence-corrected chi connectivity index (χ4v) is 1.09. The summed E-state index contributed by atoms with van der Waals surface area (Å²) in [5, 5.41) is 11.4. The molecular weight excluding hydrogens is 208 g/mol. The quantitative estimate of drug-likeness (QED) is 0.744. The van der Waals surface area contributed by atoms with E-state index in [1.807, 2.05) is 0 Å². The number of carboxylic acid groups (broad SMARTS) is 1. The lowest BCUT2D eigenvalue weighted by Gasteiger charge is -2.09. The summed E-state index contributed by atoms with van der Waals surface area (Å²) in [4.78, 5) is 26.3. The minimum atomic E-state index is -1.18. The molecule has 16 heavy (non-hydrogen) atoms. The van der Waals surface area contributed by atoms with E-state index in [1.165, 1.54) is 18.3 Å². The van der Waals surface area contributed by atoms with E-state index in [1.54, 1.807) is 13.0 Å². The molecule has 84 valence electrons. The first kappa shape index (κ1) is 11.9. The molecule has 0 aliphatic carbocycles. The van der Waals surface area contributed by atoms with Crippen molar-refractivity contribution in [3.8, 4) is 0 Å². The van der Waals surface area contributed by atoms with Crippen molar-refractivity contribution in [3.63, 3.8) is 0 Å². The van der Waals surface area contributed by atoms with Crippen LogP contribution in [0.3, 0.4) is 0 Å². The third-order valence-corrected chi connectivity index (χ3v) is 1.97. The van der Waals surface area contributed by atoms with E-state index in [2.05, 4.69) is 16.9 Å². The Kier molecular flexibility index (Phi) is 3.77. The summed E-state index contributed by atoms with van der Waals surface area (Å²) in [6.45, 7) is 5.24. The van der Waals surface area contributed by atoms with Crippen molar-refractivity contribution < 1.29 is 14.7 Å². The average Bonchev–Trinajstić information content (AvgIpc) is 2.28. The number of aromatic nitrogens is 1. The van der Waals surface area contributed by atoms with Crippen LogP contribution in [0, 0.1) is 0 Å². The zero-order valence-corrected chi connectivity index (χ0v) is 8.80. The Bertz CT molecular complexity index is 429. The largest absolute Gasteiger partial charge is 0.478 e. The van der Waals surface area contributed by atoms with Gasteiger partial charge in [-0.15, -0.1) is 6.58 Å². The smallest absolute Gasteiger partial charge is 0.338 e. The van der Waals surface area contributed by atoms with Crippen LogP contribution >= 0.6 is 0 Å². The van der Waals surface area contributed by atoms with Gasteiger partial charge in [0.15, 0.2) is 0 Å². The molecule has 1 aromatic rings. The number of amides is 1. The highest BCUT2D eigenvalue weighted by Crippen LogP contribution is 2.05. The summed E-state index contributed by atoms with van der Waals surface area (Å²) in [6.07, 6.45) is 2.92. The minimum Gasteiger partial charge on any atom is -0.478 e. The van der Waals surface area contributed by atoms with Crippen LogP contribution in [0.2, 0.25) is 0 Å².